The zero-order valence-electron chi connectivity index (χ0n) is 16.2. The first-order chi connectivity index (χ1) is 12.7. The van der Waals surface area contributed by atoms with Crippen molar-refractivity contribution in [1.82, 2.24) is 10.6 Å². The van der Waals surface area contributed by atoms with E-state index in [0.29, 0.717) is 18.0 Å². The molecule has 0 bridgehead atoms. The summed E-state index contributed by atoms with van der Waals surface area (Å²) in [6.07, 6.45) is 2.07. The molecule has 0 heterocycles. The molecule has 0 amide bonds. The van der Waals surface area contributed by atoms with Gasteiger partial charge in [-0.05, 0) is 44.4 Å². The first-order valence-electron chi connectivity index (χ1n) is 9.25. The number of aliphatic hydroxyl groups excluding tert-OH is 1. The molecule has 1 aromatic carbocycles. The lowest BCUT2D eigenvalue weighted by Crippen LogP contribution is -2.37. The van der Waals surface area contributed by atoms with Gasteiger partial charge in [-0.2, -0.15) is 0 Å². The van der Waals surface area contributed by atoms with E-state index in [4.69, 9.17) is 19.3 Å². The molecule has 0 aliphatic rings. The Morgan fingerprint density at radius 3 is 2.65 bits per heavy atom. The summed E-state index contributed by atoms with van der Waals surface area (Å²) in [6, 6.07) is 5.69. The van der Waals surface area contributed by atoms with Crippen molar-refractivity contribution in [3.63, 3.8) is 0 Å². The van der Waals surface area contributed by atoms with Crippen LogP contribution in [0.2, 0.25) is 0 Å². The molecule has 3 N–H and O–H groups in total. The van der Waals surface area contributed by atoms with Crippen LogP contribution in [0.15, 0.2) is 23.2 Å². The lowest BCUT2D eigenvalue weighted by Gasteiger charge is -2.13. The Balaban J connectivity index is 2.56. The summed E-state index contributed by atoms with van der Waals surface area (Å²) in [7, 11) is 1.60. The van der Waals surface area contributed by atoms with Crippen LogP contribution in [0.1, 0.15) is 32.3 Å². The largest absolute Gasteiger partial charge is 0.493 e. The van der Waals surface area contributed by atoms with Gasteiger partial charge in [0.1, 0.15) is 6.61 Å². The Kier molecular flexibility index (Phi) is 12.1. The van der Waals surface area contributed by atoms with Crippen molar-refractivity contribution in [3.05, 3.63) is 23.8 Å². The Morgan fingerprint density at radius 1 is 1.12 bits per heavy atom. The predicted octanol–water partition coefficient (Wildman–Crippen LogP) is 1.94. The Hall–Kier alpha value is -1.99. The van der Waals surface area contributed by atoms with Crippen LogP contribution in [0.25, 0.3) is 0 Å². The Bertz CT molecular complexity index is 524. The van der Waals surface area contributed by atoms with E-state index in [2.05, 4.69) is 15.6 Å². The molecular weight excluding hydrogens is 334 g/mol. The number of methoxy groups -OCH3 is 1. The number of nitrogens with zero attached hydrogens (tertiary/aromatic N) is 1. The van der Waals surface area contributed by atoms with Crippen molar-refractivity contribution in [2.75, 3.05) is 46.6 Å². The van der Waals surface area contributed by atoms with Gasteiger partial charge in [0.2, 0.25) is 0 Å². The highest BCUT2D eigenvalue weighted by molar-refractivity contribution is 5.79. The molecule has 0 aromatic heterocycles. The van der Waals surface area contributed by atoms with E-state index in [1.54, 1.807) is 7.11 Å². The Morgan fingerprint density at radius 2 is 1.96 bits per heavy atom. The average molecular weight is 367 g/mol. The van der Waals surface area contributed by atoms with Crippen molar-refractivity contribution in [3.8, 4) is 11.5 Å². The molecule has 1 rings (SSSR count). The summed E-state index contributed by atoms with van der Waals surface area (Å²) in [6.45, 7) is 8.03. The quantitative estimate of drug-likeness (QED) is 0.281. The van der Waals surface area contributed by atoms with E-state index < -0.39 is 0 Å². The van der Waals surface area contributed by atoms with E-state index in [0.717, 1.165) is 50.7 Å². The number of rotatable bonds is 13. The number of unbranched alkanes of at least 4 members (excludes halogenated alkanes) is 1. The van der Waals surface area contributed by atoms with Gasteiger partial charge in [-0.25, -0.2) is 4.99 Å². The number of hydrogen-bond acceptors (Lipinski definition) is 5. The fourth-order valence-electron chi connectivity index (χ4n) is 2.28. The average Bonchev–Trinajstić information content (AvgIpc) is 2.67. The third-order valence-electron chi connectivity index (χ3n) is 3.55. The number of benzene rings is 1. The maximum atomic E-state index is 8.87. The Labute approximate surface area is 156 Å². The monoisotopic (exact) mass is 367 g/mol. The van der Waals surface area contributed by atoms with E-state index in [1.165, 1.54) is 0 Å². The van der Waals surface area contributed by atoms with Gasteiger partial charge >= 0.3 is 0 Å². The van der Waals surface area contributed by atoms with Gasteiger partial charge in [-0.3, -0.25) is 0 Å². The number of aliphatic hydroxyl groups is 1. The SMILES string of the molecule is CCNC(=NCc1ccc(OCCO)c(OC)c1)NCCCCOCC. The molecule has 0 aliphatic heterocycles. The van der Waals surface area contributed by atoms with Crippen LogP contribution in [0.5, 0.6) is 11.5 Å². The maximum absolute atomic E-state index is 8.87. The molecule has 0 atom stereocenters. The van der Waals surface area contributed by atoms with E-state index in [9.17, 15) is 0 Å². The summed E-state index contributed by atoms with van der Waals surface area (Å²) in [4.78, 5) is 4.61. The van der Waals surface area contributed by atoms with Crippen molar-refractivity contribution >= 4 is 5.96 Å². The van der Waals surface area contributed by atoms with Crippen LogP contribution in [-0.2, 0) is 11.3 Å². The molecule has 7 nitrogen and oxygen atoms in total. The van der Waals surface area contributed by atoms with Crippen LogP contribution >= 0.6 is 0 Å². The molecule has 0 saturated carbocycles. The lowest BCUT2D eigenvalue weighted by atomic mass is 10.2. The van der Waals surface area contributed by atoms with Crippen LogP contribution in [0.3, 0.4) is 0 Å². The van der Waals surface area contributed by atoms with Gasteiger partial charge in [-0.1, -0.05) is 6.07 Å². The number of guanidine groups is 1. The molecular formula is C19H33N3O4. The van der Waals surface area contributed by atoms with Crippen molar-refractivity contribution in [2.24, 2.45) is 4.99 Å². The van der Waals surface area contributed by atoms with Gasteiger partial charge in [0.25, 0.3) is 0 Å². The van der Waals surface area contributed by atoms with Crippen molar-refractivity contribution in [1.29, 1.82) is 0 Å². The highest BCUT2D eigenvalue weighted by atomic mass is 16.5. The van der Waals surface area contributed by atoms with Crippen LogP contribution in [0.4, 0.5) is 0 Å². The fraction of sp³-hybridized carbons (Fsp3) is 0.632. The normalized spacial score (nSPS) is 11.3. The van der Waals surface area contributed by atoms with Gasteiger partial charge in [0.05, 0.1) is 20.3 Å². The highest BCUT2D eigenvalue weighted by Gasteiger charge is 2.06. The second kappa shape index (κ2) is 14.2. The third-order valence-corrected chi connectivity index (χ3v) is 3.55. The van der Waals surface area contributed by atoms with Gasteiger partial charge in [0.15, 0.2) is 17.5 Å². The summed E-state index contributed by atoms with van der Waals surface area (Å²) in [5.74, 6) is 2.05. The van der Waals surface area contributed by atoms with Gasteiger partial charge in [-0.15, -0.1) is 0 Å². The molecule has 0 aliphatic carbocycles. The van der Waals surface area contributed by atoms with Crippen LogP contribution in [0, 0.1) is 0 Å². The van der Waals surface area contributed by atoms with E-state index >= 15 is 0 Å². The summed E-state index contributed by atoms with van der Waals surface area (Å²) >= 11 is 0. The molecule has 0 fully saturated rings. The fourth-order valence-corrected chi connectivity index (χ4v) is 2.28. The minimum atomic E-state index is -0.0303. The third kappa shape index (κ3) is 8.92. The number of aliphatic imine (C=N–C) groups is 1. The molecule has 0 spiro atoms. The first kappa shape index (κ1) is 22.1. The maximum Gasteiger partial charge on any atom is 0.191 e. The molecule has 1 aromatic rings. The zero-order chi connectivity index (χ0) is 19.0. The number of ether oxygens (including phenoxy) is 3. The summed E-state index contributed by atoms with van der Waals surface area (Å²) in [5, 5.41) is 15.5. The first-order valence-corrected chi connectivity index (χ1v) is 9.25. The van der Waals surface area contributed by atoms with Gasteiger partial charge in [0, 0.05) is 26.3 Å². The standard InChI is InChI=1S/C19H33N3O4/c1-4-20-19(21-10-6-7-12-25-5-2)22-15-16-8-9-17(26-13-11-23)18(14-16)24-3/h8-9,14,23H,4-7,10-13,15H2,1-3H3,(H2,20,21,22). The molecule has 148 valence electrons. The van der Waals surface area contributed by atoms with E-state index in [-0.39, 0.29) is 13.2 Å². The van der Waals surface area contributed by atoms with Crippen LogP contribution in [-0.4, -0.2) is 57.7 Å². The number of hydrogen-bond donors (Lipinski definition) is 3. The zero-order valence-corrected chi connectivity index (χ0v) is 16.2. The minimum absolute atomic E-state index is 0.0303. The second-order valence-electron chi connectivity index (χ2n) is 5.58. The minimum Gasteiger partial charge on any atom is -0.493 e. The van der Waals surface area contributed by atoms with E-state index in [1.807, 2.05) is 32.0 Å². The molecule has 7 heteroatoms. The molecule has 0 radical (unpaired) electrons. The molecule has 26 heavy (non-hydrogen) atoms. The van der Waals surface area contributed by atoms with Gasteiger partial charge < -0.3 is 30.0 Å². The topological polar surface area (TPSA) is 84.3 Å². The van der Waals surface area contributed by atoms with Crippen molar-refractivity contribution in [2.45, 2.75) is 33.2 Å². The predicted molar refractivity (Wildman–Crippen MR) is 104 cm³/mol. The summed E-state index contributed by atoms with van der Waals surface area (Å²) in [5.41, 5.74) is 1.02. The molecule has 0 saturated heterocycles. The summed E-state index contributed by atoms with van der Waals surface area (Å²) < 4.78 is 16.1. The molecule has 0 unspecified atom stereocenters. The smallest absolute Gasteiger partial charge is 0.191 e. The van der Waals surface area contributed by atoms with Crippen molar-refractivity contribution < 1.29 is 19.3 Å². The number of nitrogens with one attached hydrogen (secondary N) is 2. The second-order valence-corrected chi connectivity index (χ2v) is 5.58. The van der Waals surface area contributed by atoms with Crippen LogP contribution < -0.4 is 20.1 Å². The lowest BCUT2D eigenvalue weighted by molar-refractivity contribution is 0.143. The highest BCUT2D eigenvalue weighted by Crippen LogP contribution is 2.28.